The minimum atomic E-state index is -0.873. The molecule has 3 rings (SSSR count). The van der Waals surface area contributed by atoms with Gasteiger partial charge in [0, 0.05) is 11.4 Å². The Bertz CT molecular complexity index is 610. The first kappa shape index (κ1) is 17.4. The third kappa shape index (κ3) is 3.63. The number of nitrogens with zero attached hydrogens (tertiary/aromatic N) is 1. The van der Waals surface area contributed by atoms with Gasteiger partial charge in [-0.25, -0.2) is 0 Å². The molecule has 0 radical (unpaired) electrons. The third-order valence-corrected chi connectivity index (χ3v) is 5.19. The summed E-state index contributed by atoms with van der Waals surface area (Å²) in [5, 5.41) is 10.8. The number of amides is 2. The number of carbonyl (C=O) groups excluding carboxylic acids is 2. The van der Waals surface area contributed by atoms with Crippen LogP contribution < -0.4 is 0 Å². The van der Waals surface area contributed by atoms with Crippen LogP contribution in [0.15, 0.2) is 24.3 Å². The molecule has 5 nitrogen and oxygen atoms in total. The average Bonchev–Trinajstić information content (AvgIpc) is 3.11. The fourth-order valence-corrected chi connectivity index (χ4v) is 3.77. The highest BCUT2D eigenvalue weighted by Gasteiger charge is 2.52. The minimum absolute atomic E-state index is 0.0139. The maximum Gasteiger partial charge on any atom is 0.235 e. The van der Waals surface area contributed by atoms with E-state index in [1.807, 2.05) is 12.1 Å². The molecule has 1 N–H and O–H groups in total. The number of ether oxygens (including phenoxy) is 1. The van der Waals surface area contributed by atoms with Gasteiger partial charge in [0.2, 0.25) is 11.8 Å². The molecule has 2 amide bonds. The Morgan fingerprint density at radius 1 is 1.21 bits per heavy atom. The summed E-state index contributed by atoms with van der Waals surface area (Å²) in [5.74, 6) is -0.277. The Hall–Kier alpha value is -1.43. The second-order valence-corrected chi connectivity index (χ2v) is 7.21. The summed E-state index contributed by atoms with van der Waals surface area (Å²) in [6, 6.07) is 7.26. The Morgan fingerprint density at radius 3 is 2.54 bits per heavy atom. The molecule has 1 aromatic rings. The van der Waals surface area contributed by atoms with E-state index in [9.17, 15) is 14.7 Å². The molecule has 1 spiro atoms. The Kier molecular flexibility index (Phi) is 5.23. The molecular weight excluding hydrogens is 330 g/mol. The molecule has 130 valence electrons. The predicted molar refractivity (Wildman–Crippen MR) is 89.4 cm³/mol. The van der Waals surface area contributed by atoms with Crippen LogP contribution in [0.3, 0.4) is 0 Å². The van der Waals surface area contributed by atoms with E-state index >= 15 is 0 Å². The summed E-state index contributed by atoms with van der Waals surface area (Å²) >= 11 is 5.82. The van der Waals surface area contributed by atoms with Gasteiger partial charge >= 0.3 is 0 Å². The molecule has 0 bridgehead atoms. The van der Waals surface area contributed by atoms with Crippen molar-refractivity contribution in [3.8, 4) is 0 Å². The SMILES string of the molecule is O=C1CC2(CCCC2)C(=O)N1CC(O)COCc1ccc(Cl)cc1. The number of halogens is 1. The Morgan fingerprint density at radius 2 is 1.88 bits per heavy atom. The first-order chi connectivity index (χ1) is 11.5. The number of hydrogen-bond donors (Lipinski definition) is 1. The molecule has 24 heavy (non-hydrogen) atoms. The summed E-state index contributed by atoms with van der Waals surface area (Å²) in [6.45, 7) is 0.437. The van der Waals surface area contributed by atoms with E-state index in [0.717, 1.165) is 31.2 Å². The number of rotatable bonds is 6. The quantitative estimate of drug-likeness (QED) is 0.800. The highest BCUT2D eigenvalue weighted by molar-refractivity contribution is 6.30. The lowest BCUT2D eigenvalue weighted by molar-refractivity contribution is -0.143. The number of carbonyl (C=O) groups is 2. The van der Waals surface area contributed by atoms with E-state index in [1.54, 1.807) is 12.1 Å². The third-order valence-electron chi connectivity index (χ3n) is 4.94. The van der Waals surface area contributed by atoms with Crippen molar-refractivity contribution >= 4 is 23.4 Å². The van der Waals surface area contributed by atoms with Crippen molar-refractivity contribution in [1.82, 2.24) is 4.90 Å². The Labute approximate surface area is 146 Å². The molecule has 1 atom stereocenters. The monoisotopic (exact) mass is 351 g/mol. The zero-order chi connectivity index (χ0) is 17.2. The molecule has 1 saturated carbocycles. The standard InChI is InChI=1S/C18H22ClNO4/c19-14-5-3-13(4-6-14)11-24-12-15(21)10-20-16(22)9-18(17(20)23)7-1-2-8-18/h3-6,15,21H,1-2,7-12H2. The molecular formula is C18H22ClNO4. The van der Waals surface area contributed by atoms with Gasteiger partial charge in [0.15, 0.2) is 0 Å². The Balaban J connectivity index is 1.48. The van der Waals surface area contributed by atoms with Crippen molar-refractivity contribution in [1.29, 1.82) is 0 Å². The largest absolute Gasteiger partial charge is 0.389 e. The normalized spacial score (nSPS) is 21.0. The van der Waals surface area contributed by atoms with Gasteiger partial charge in [0.1, 0.15) is 0 Å². The van der Waals surface area contributed by atoms with Gasteiger partial charge in [0.25, 0.3) is 0 Å². The number of β-amino-alcohol motifs (C(OH)–C–C–N with tert-alkyl or cyclic N) is 1. The fraction of sp³-hybridized carbons (Fsp3) is 0.556. The molecule has 2 fully saturated rings. The molecule has 1 aliphatic carbocycles. The number of imide groups is 1. The second-order valence-electron chi connectivity index (χ2n) is 6.77. The number of aliphatic hydroxyl groups excluding tert-OH is 1. The first-order valence-electron chi connectivity index (χ1n) is 8.35. The van der Waals surface area contributed by atoms with Crippen molar-refractivity contribution in [2.45, 2.75) is 44.8 Å². The van der Waals surface area contributed by atoms with Gasteiger partial charge in [-0.2, -0.15) is 0 Å². The zero-order valence-corrected chi connectivity index (χ0v) is 14.3. The lowest BCUT2D eigenvalue weighted by atomic mass is 9.84. The maximum absolute atomic E-state index is 12.5. The van der Waals surface area contributed by atoms with E-state index in [2.05, 4.69) is 0 Å². The van der Waals surface area contributed by atoms with Crippen molar-refractivity contribution in [3.05, 3.63) is 34.9 Å². The van der Waals surface area contributed by atoms with Crippen LogP contribution in [0.25, 0.3) is 0 Å². The predicted octanol–water partition coefficient (Wildman–Crippen LogP) is 2.54. The van der Waals surface area contributed by atoms with E-state index < -0.39 is 11.5 Å². The smallest absolute Gasteiger partial charge is 0.235 e. The van der Waals surface area contributed by atoms with Crippen LogP contribution in [-0.2, 0) is 20.9 Å². The summed E-state index contributed by atoms with van der Waals surface area (Å²) in [4.78, 5) is 25.9. The van der Waals surface area contributed by atoms with Crippen molar-refractivity contribution in [3.63, 3.8) is 0 Å². The lowest BCUT2D eigenvalue weighted by Crippen LogP contribution is -2.40. The molecule has 1 unspecified atom stereocenters. The highest BCUT2D eigenvalue weighted by atomic mass is 35.5. The van der Waals surface area contributed by atoms with Crippen LogP contribution in [0.2, 0.25) is 5.02 Å². The lowest BCUT2D eigenvalue weighted by Gasteiger charge is -2.22. The molecule has 2 aliphatic rings. The first-order valence-corrected chi connectivity index (χ1v) is 8.73. The zero-order valence-electron chi connectivity index (χ0n) is 13.5. The molecule has 0 aromatic heterocycles. The van der Waals surface area contributed by atoms with Crippen molar-refractivity contribution in [2.24, 2.45) is 5.41 Å². The summed E-state index contributed by atoms with van der Waals surface area (Å²) < 4.78 is 5.48. The maximum atomic E-state index is 12.5. The van der Waals surface area contributed by atoms with Crippen LogP contribution in [0.5, 0.6) is 0 Å². The fourth-order valence-electron chi connectivity index (χ4n) is 3.64. The van der Waals surface area contributed by atoms with Gasteiger partial charge in [-0.1, -0.05) is 36.6 Å². The van der Waals surface area contributed by atoms with Crippen molar-refractivity contribution in [2.75, 3.05) is 13.2 Å². The van der Waals surface area contributed by atoms with Crippen LogP contribution >= 0.6 is 11.6 Å². The summed E-state index contributed by atoms with van der Waals surface area (Å²) in [7, 11) is 0. The van der Waals surface area contributed by atoms with Crippen molar-refractivity contribution < 1.29 is 19.4 Å². The van der Waals surface area contributed by atoms with Gasteiger partial charge in [-0.3, -0.25) is 14.5 Å². The average molecular weight is 352 g/mol. The molecule has 1 aliphatic heterocycles. The van der Waals surface area contributed by atoms with E-state index in [0.29, 0.717) is 18.1 Å². The summed E-state index contributed by atoms with van der Waals surface area (Å²) in [6.07, 6.45) is 3.00. The number of hydrogen-bond acceptors (Lipinski definition) is 4. The van der Waals surface area contributed by atoms with Gasteiger partial charge < -0.3 is 9.84 Å². The molecule has 6 heteroatoms. The minimum Gasteiger partial charge on any atom is -0.389 e. The number of benzene rings is 1. The van der Waals surface area contributed by atoms with E-state index in [1.165, 1.54) is 4.90 Å². The number of aliphatic hydroxyl groups is 1. The van der Waals surface area contributed by atoms with Crippen LogP contribution in [-0.4, -0.2) is 41.1 Å². The molecule has 1 heterocycles. The van der Waals surface area contributed by atoms with Gasteiger partial charge in [-0.15, -0.1) is 0 Å². The second kappa shape index (κ2) is 7.21. The van der Waals surface area contributed by atoms with E-state index in [-0.39, 0.29) is 25.0 Å². The molecule has 1 aromatic carbocycles. The highest BCUT2D eigenvalue weighted by Crippen LogP contribution is 2.46. The number of likely N-dealkylation sites (tertiary alicyclic amines) is 1. The van der Waals surface area contributed by atoms with Crippen LogP contribution in [0.1, 0.15) is 37.7 Å². The van der Waals surface area contributed by atoms with Crippen LogP contribution in [0, 0.1) is 5.41 Å². The topological polar surface area (TPSA) is 66.8 Å². The van der Waals surface area contributed by atoms with E-state index in [4.69, 9.17) is 16.3 Å². The van der Waals surface area contributed by atoms with Gasteiger partial charge in [0.05, 0.1) is 31.3 Å². The summed E-state index contributed by atoms with van der Waals surface area (Å²) in [5.41, 5.74) is 0.464. The van der Waals surface area contributed by atoms with Crippen LogP contribution in [0.4, 0.5) is 0 Å². The van der Waals surface area contributed by atoms with Gasteiger partial charge in [-0.05, 0) is 30.5 Å². The molecule has 1 saturated heterocycles.